The van der Waals surface area contributed by atoms with E-state index in [1.165, 1.54) is 30.4 Å². The molecule has 4 unspecified atom stereocenters. The van der Waals surface area contributed by atoms with Crippen molar-refractivity contribution in [2.45, 2.75) is 95.7 Å². The molecule has 0 spiro atoms. The number of hydrogen-bond acceptors (Lipinski definition) is 10. The Morgan fingerprint density at radius 3 is 2.57 bits per heavy atom. The monoisotopic (exact) mass is 875 g/mol. The van der Waals surface area contributed by atoms with Crippen molar-refractivity contribution >= 4 is 52.6 Å². The number of benzene rings is 2. The van der Waals surface area contributed by atoms with Gasteiger partial charge in [0.15, 0.2) is 0 Å². The van der Waals surface area contributed by atoms with E-state index >= 15 is 4.39 Å². The number of amides is 3. The van der Waals surface area contributed by atoms with Gasteiger partial charge in [0.25, 0.3) is 5.91 Å². The Morgan fingerprint density at radius 2 is 1.80 bits per heavy atom. The first kappa shape index (κ1) is 44.2. The maximum absolute atomic E-state index is 16.5. The van der Waals surface area contributed by atoms with Crippen LogP contribution < -0.4 is 19.7 Å². The van der Waals surface area contributed by atoms with Crippen LogP contribution in [0.25, 0.3) is 10.1 Å². The van der Waals surface area contributed by atoms with Crippen molar-refractivity contribution in [1.82, 2.24) is 25.2 Å². The molecule has 0 aliphatic carbocycles. The summed E-state index contributed by atoms with van der Waals surface area (Å²) < 4.78 is 48.0. The zero-order valence-corrected chi connectivity index (χ0v) is 36.8. The molecule has 16 heteroatoms. The van der Waals surface area contributed by atoms with Crippen molar-refractivity contribution in [2.75, 3.05) is 33.4 Å². The number of carbonyl (C=O) groups excluding carboxylic acids is 4. The SMILES string of the molecule is CCCOC(=O)[C@H](C)NP(=O)(Oc1ccccc1)C(F)c1ccc2sc(C(=O)NCC3CCCC[C@H]4CC[C@@H](C(=O)N5CC(c6cccnc6OC)[C@@H](C)C5)N4C3=O)cc2c1. The van der Waals surface area contributed by atoms with Crippen LogP contribution >= 0.6 is 18.9 Å². The Morgan fingerprint density at radius 1 is 1.02 bits per heavy atom. The van der Waals surface area contributed by atoms with Crippen LogP contribution in [0.15, 0.2) is 72.9 Å². The van der Waals surface area contributed by atoms with Gasteiger partial charge in [-0.15, -0.1) is 11.3 Å². The quantitative estimate of drug-likeness (QED) is 0.0886. The van der Waals surface area contributed by atoms with Gasteiger partial charge in [-0.1, -0.05) is 57.0 Å². The summed E-state index contributed by atoms with van der Waals surface area (Å²) in [6, 6.07) is 16.7. The maximum atomic E-state index is 16.5. The first-order valence-electron chi connectivity index (χ1n) is 21.2. The Bertz CT molecular complexity index is 2260. The van der Waals surface area contributed by atoms with E-state index in [0.29, 0.717) is 53.2 Å². The van der Waals surface area contributed by atoms with Crippen LogP contribution in [-0.4, -0.2) is 90.0 Å². The number of para-hydroxylation sites is 1. The average molecular weight is 876 g/mol. The molecule has 61 heavy (non-hydrogen) atoms. The fourth-order valence-electron chi connectivity index (χ4n) is 8.90. The second-order valence-corrected chi connectivity index (χ2v) is 19.5. The zero-order valence-electron chi connectivity index (χ0n) is 35.1. The lowest BCUT2D eigenvalue weighted by atomic mass is 9.91. The third kappa shape index (κ3) is 9.79. The highest BCUT2D eigenvalue weighted by atomic mass is 32.1. The Kier molecular flexibility index (Phi) is 14.1. The lowest BCUT2D eigenvalue weighted by Crippen LogP contribution is -2.53. The van der Waals surface area contributed by atoms with Crippen molar-refractivity contribution in [3.63, 3.8) is 0 Å². The van der Waals surface area contributed by atoms with E-state index in [0.717, 1.165) is 31.2 Å². The Balaban J connectivity index is 1.02. The summed E-state index contributed by atoms with van der Waals surface area (Å²) in [5.74, 6) is -2.87. The van der Waals surface area contributed by atoms with Gasteiger partial charge in [-0.25, -0.2) is 14.5 Å². The summed E-state index contributed by atoms with van der Waals surface area (Å²) in [4.78, 5) is 63.3. The minimum atomic E-state index is -4.43. The minimum absolute atomic E-state index is 0.0213. The number of likely N-dealkylation sites (tertiary alicyclic amines) is 1. The van der Waals surface area contributed by atoms with Crippen LogP contribution in [0.1, 0.15) is 98.3 Å². The predicted molar refractivity (Wildman–Crippen MR) is 231 cm³/mol. The van der Waals surface area contributed by atoms with E-state index in [1.54, 1.807) is 55.8 Å². The number of carbonyl (C=O) groups is 4. The molecule has 3 aliphatic heterocycles. The van der Waals surface area contributed by atoms with Crippen molar-refractivity contribution < 1.29 is 42.1 Å². The molecule has 3 amide bonds. The van der Waals surface area contributed by atoms with E-state index in [2.05, 4.69) is 22.3 Å². The molecule has 8 atom stereocenters. The van der Waals surface area contributed by atoms with Gasteiger partial charge in [-0.2, -0.15) is 0 Å². The third-order valence-electron chi connectivity index (χ3n) is 12.1. The number of aromatic nitrogens is 1. The number of methoxy groups -OCH3 is 1. The zero-order chi connectivity index (χ0) is 43.3. The third-order valence-corrected chi connectivity index (χ3v) is 15.3. The fourth-order valence-corrected chi connectivity index (χ4v) is 11.8. The van der Waals surface area contributed by atoms with E-state index in [-0.39, 0.29) is 60.1 Å². The highest BCUT2D eigenvalue weighted by molar-refractivity contribution is 7.57. The number of rotatable bonds is 15. The van der Waals surface area contributed by atoms with Crippen molar-refractivity contribution in [3.05, 3.63) is 88.9 Å². The van der Waals surface area contributed by atoms with E-state index in [9.17, 15) is 23.7 Å². The molecule has 5 heterocycles. The Labute approximate surface area is 360 Å². The number of halogens is 1. The van der Waals surface area contributed by atoms with Crippen molar-refractivity contribution in [2.24, 2.45) is 11.8 Å². The number of ether oxygens (including phenoxy) is 2. The number of nitrogens with one attached hydrogen (secondary N) is 2. The number of thiophene rings is 1. The molecule has 0 bridgehead atoms. The molecular formula is C45H55FN5O8PS. The van der Waals surface area contributed by atoms with Crippen LogP contribution in [0.3, 0.4) is 0 Å². The van der Waals surface area contributed by atoms with Gasteiger partial charge in [0.2, 0.25) is 23.6 Å². The minimum Gasteiger partial charge on any atom is -0.481 e. The molecule has 2 N–H and O–H groups in total. The molecule has 0 radical (unpaired) electrons. The largest absolute Gasteiger partial charge is 0.481 e. The van der Waals surface area contributed by atoms with Crippen LogP contribution in [0.4, 0.5) is 4.39 Å². The standard InChI is InChI=1S/C45H55FN5O8PS/c1-5-22-58-45(55)29(3)49-60(56,59-34-14-7-6-8-15-34)40(46)30-17-20-38-32(23-30)24-39(61-38)41(52)48-25-31-12-9-10-13-33-18-19-37(51(33)43(31)53)44(54)50-26-28(2)36(27-50)35-16-11-21-47-42(35)57-4/h6-8,11,14-17,20-21,23-24,28-29,31,33,36-37,40H,5,9-10,12-13,18-19,22,25-27H2,1-4H3,(H,48,52)(H,49,56)/t28-,29-,31?,33-,36?,37-,40?,60?/m0/s1. The second-order valence-electron chi connectivity index (χ2n) is 16.4. The van der Waals surface area contributed by atoms with Crippen LogP contribution in [0.2, 0.25) is 0 Å². The summed E-state index contributed by atoms with van der Waals surface area (Å²) in [5.41, 5.74) is 1.02. The van der Waals surface area contributed by atoms with Gasteiger partial charge in [0, 0.05) is 48.1 Å². The normalized spacial score (nSPS) is 23.6. The molecule has 2 aromatic heterocycles. The fraction of sp³-hybridized carbons (Fsp3) is 0.489. The van der Waals surface area contributed by atoms with Gasteiger partial charge in [-0.05, 0) is 92.3 Å². The highest BCUT2D eigenvalue weighted by Gasteiger charge is 2.47. The number of esters is 1. The first-order chi connectivity index (χ1) is 29.4. The highest BCUT2D eigenvalue weighted by Crippen LogP contribution is 2.58. The van der Waals surface area contributed by atoms with E-state index in [4.69, 9.17) is 14.0 Å². The number of hydrogen-bond donors (Lipinski definition) is 2. The molecule has 326 valence electrons. The molecule has 3 saturated heterocycles. The second kappa shape index (κ2) is 19.5. The van der Waals surface area contributed by atoms with Crippen molar-refractivity contribution in [3.8, 4) is 11.6 Å². The van der Waals surface area contributed by atoms with Gasteiger partial charge in [-0.3, -0.25) is 23.7 Å². The Hall–Kier alpha value is -4.85. The van der Waals surface area contributed by atoms with Crippen molar-refractivity contribution in [1.29, 1.82) is 0 Å². The lowest BCUT2D eigenvalue weighted by Gasteiger charge is -2.36. The molecule has 0 saturated carbocycles. The summed E-state index contributed by atoms with van der Waals surface area (Å²) in [7, 11) is -2.83. The summed E-state index contributed by atoms with van der Waals surface area (Å²) >= 11 is 1.22. The number of fused-ring (bicyclic) bond motifs is 2. The van der Waals surface area contributed by atoms with Crippen LogP contribution in [-0.2, 0) is 23.7 Å². The molecule has 4 aromatic rings. The van der Waals surface area contributed by atoms with Crippen LogP contribution in [0, 0.1) is 11.8 Å². The van der Waals surface area contributed by atoms with Gasteiger partial charge in [0.1, 0.15) is 17.8 Å². The van der Waals surface area contributed by atoms with Gasteiger partial charge < -0.3 is 29.1 Å². The molecule has 3 aliphatic rings. The van der Waals surface area contributed by atoms with Gasteiger partial charge in [0.05, 0.1) is 24.5 Å². The van der Waals surface area contributed by atoms with Gasteiger partial charge >= 0.3 is 13.5 Å². The molecule has 7 rings (SSSR count). The van der Waals surface area contributed by atoms with E-state index in [1.807, 2.05) is 28.9 Å². The molecule has 2 aromatic carbocycles. The topological polar surface area (TPSA) is 156 Å². The molecule has 13 nitrogen and oxygen atoms in total. The van der Waals surface area contributed by atoms with E-state index < -0.39 is 37.4 Å². The summed E-state index contributed by atoms with van der Waals surface area (Å²) in [6.07, 6.45) is 6.87. The summed E-state index contributed by atoms with van der Waals surface area (Å²) in [6.45, 7) is 6.81. The molecular weight excluding hydrogens is 821 g/mol. The van der Waals surface area contributed by atoms with Crippen LogP contribution in [0.5, 0.6) is 11.6 Å². The maximum Gasteiger partial charge on any atom is 0.355 e. The number of alkyl halides is 1. The molecule has 3 fully saturated rings. The number of nitrogens with zero attached hydrogens (tertiary/aromatic N) is 3. The first-order valence-corrected chi connectivity index (χ1v) is 23.8. The smallest absolute Gasteiger partial charge is 0.355 e. The predicted octanol–water partition coefficient (Wildman–Crippen LogP) is 8.02. The number of pyridine rings is 1. The summed E-state index contributed by atoms with van der Waals surface area (Å²) in [5, 5.41) is 6.13. The average Bonchev–Trinajstić information content (AvgIpc) is 4.00. The lowest BCUT2D eigenvalue weighted by molar-refractivity contribution is -0.148.